The minimum absolute atomic E-state index is 0.0102. The number of ketones is 1. The summed E-state index contributed by atoms with van der Waals surface area (Å²) in [5.74, 6) is -1.75. The van der Waals surface area contributed by atoms with Crippen LogP contribution in [0.4, 0.5) is 0 Å². The van der Waals surface area contributed by atoms with Gasteiger partial charge in [-0.1, -0.05) is 0 Å². The molecule has 0 saturated heterocycles. The Morgan fingerprint density at radius 3 is 2.56 bits per heavy atom. The van der Waals surface area contributed by atoms with Crippen molar-refractivity contribution in [1.29, 1.82) is 0 Å². The average Bonchev–Trinajstić information content (AvgIpc) is 2.26. The maximum absolute atomic E-state index is 11.2. The third-order valence-electron chi connectivity index (χ3n) is 1.82. The second kappa shape index (κ2) is 5.13. The van der Waals surface area contributed by atoms with Gasteiger partial charge in [0.25, 0.3) is 0 Å². The van der Waals surface area contributed by atoms with Gasteiger partial charge in [0.1, 0.15) is 0 Å². The number of phenolic OH excluding ortho intramolecular Hbond substituents is 1. The zero-order chi connectivity index (χ0) is 12.1. The molecule has 0 heterocycles. The molecule has 1 aromatic carbocycles. The van der Waals surface area contributed by atoms with Crippen molar-refractivity contribution in [2.24, 2.45) is 5.73 Å². The molecule has 0 aliphatic heterocycles. The fourth-order valence-corrected chi connectivity index (χ4v) is 1.07. The van der Waals surface area contributed by atoms with Gasteiger partial charge in [0.15, 0.2) is 23.9 Å². The van der Waals surface area contributed by atoms with E-state index in [1.807, 2.05) is 0 Å². The highest BCUT2D eigenvalue weighted by Gasteiger charge is 2.09. The van der Waals surface area contributed by atoms with Gasteiger partial charge in [-0.25, -0.2) is 4.79 Å². The lowest BCUT2D eigenvalue weighted by Gasteiger charge is -2.06. The second-order valence-electron chi connectivity index (χ2n) is 2.99. The third-order valence-corrected chi connectivity index (χ3v) is 1.82. The van der Waals surface area contributed by atoms with Crippen molar-refractivity contribution >= 4 is 11.8 Å². The number of Topliss-reactive ketones (excluding diaryl/α,β-unsaturated/α-hetero) is 1. The SMILES string of the molecule is NCC(=O)c1ccc(OCC(=O)O)c(O)c1. The van der Waals surface area contributed by atoms with Gasteiger partial charge >= 0.3 is 5.97 Å². The Bertz CT molecular complexity index is 416. The molecule has 0 atom stereocenters. The summed E-state index contributed by atoms with van der Waals surface area (Å²) < 4.78 is 4.77. The summed E-state index contributed by atoms with van der Waals surface area (Å²) in [5, 5.41) is 17.8. The van der Waals surface area contributed by atoms with Crippen LogP contribution in [-0.2, 0) is 4.79 Å². The monoisotopic (exact) mass is 225 g/mol. The molecule has 86 valence electrons. The quantitative estimate of drug-likeness (QED) is 0.608. The Hall–Kier alpha value is -2.08. The number of aromatic hydroxyl groups is 1. The summed E-state index contributed by atoms with van der Waals surface area (Å²) in [6.45, 7) is -0.716. The van der Waals surface area contributed by atoms with Gasteiger partial charge in [-0.05, 0) is 18.2 Å². The molecule has 16 heavy (non-hydrogen) atoms. The van der Waals surface area contributed by atoms with Crippen LogP contribution in [0, 0.1) is 0 Å². The van der Waals surface area contributed by atoms with Crippen LogP contribution < -0.4 is 10.5 Å². The number of benzene rings is 1. The lowest BCUT2D eigenvalue weighted by Crippen LogP contribution is -2.13. The Morgan fingerprint density at radius 1 is 1.38 bits per heavy atom. The van der Waals surface area contributed by atoms with Crippen LogP contribution in [-0.4, -0.2) is 35.1 Å². The number of ether oxygens (including phenoxy) is 1. The second-order valence-corrected chi connectivity index (χ2v) is 2.99. The van der Waals surface area contributed by atoms with E-state index < -0.39 is 12.6 Å². The van der Waals surface area contributed by atoms with E-state index in [0.29, 0.717) is 0 Å². The number of rotatable bonds is 5. The Kier molecular flexibility index (Phi) is 3.84. The number of carboxylic acid groups (broad SMARTS) is 1. The van der Waals surface area contributed by atoms with E-state index in [2.05, 4.69) is 0 Å². The highest BCUT2D eigenvalue weighted by molar-refractivity contribution is 5.98. The first-order valence-electron chi connectivity index (χ1n) is 4.45. The zero-order valence-corrected chi connectivity index (χ0v) is 8.34. The fraction of sp³-hybridized carbons (Fsp3) is 0.200. The van der Waals surface area contributed by atoms with Crippen LogP contribution in [0.3, 0.4) is 0 Å². The number of carbonyl (C=O) groups excluding carboxylic acids is 1. The molecule has 0 bridgehead atoms. The van der Waals surface area contributed by atoms with Gasteiger partial charge in [-0.15, -0.1) is 0 Å². The molecule has 1 aromatic rings. The summed E-state index contributed by atoms with van der Waals surface area (Å²) >= 11 is 0. The van der Waals surface area contributed by atoms with E-state index >= 15 is 0 Å². The van der Waals surface area contributed by atoms with Crippen molar-refractivity contribution in [3.05, 3.63) is 23.8 Å². The lowest BCUT2D eigenvalue weighted by molar-refractivity contribution is -0.139. The highest BCUT2D eigenvalue weighted by atomic mass is 16.5. The van der Waals surface area contributed by atoms with Gasteiger partial charge in [0.05, 0.1) is 6.54 Å². The van der Waals surface area contributed by atoms with Crippen LogP contribution in [0.1, 0.15) is 10.4 Å². The number of carboxylic acids is 1. The Morgan fingerprint density at radius 2 is 2.06 bits per heavy atom. The van der Waals surface area contributed by atoms with Crippen molar-refractivity contribution in [1.82, 2.24) is 0 Å². The van der Waals surface area contributed by atoms with E-state index in [-0.39, 0.29) is 29.4 Å². The predicted octanol–water partition coefficient (Wildman–Crippen LogP) is -0.00300. The first kappa shape index (κ1) is 12.0. The molecule has 0 aliphatic rings. The first-order valence-corrected chi connectivity index (χ1v) is 4.45. The third kappa shape index (κ3) is 2.96. The summed E-state index contributed by atoms with van der Waals surface area (Å²) in [6.07, 6.45) is 0. The molecule has 1 rings (SSSR count). The molecule has 0 amide bonds. The molecule has 0 fully saturated rings. The van der Waals surface area contributed by atoms with E-state index in [4.69, 9.17) is 15.6 Å². The van der Waals surface area contributed by atoms with Crippen LogP contribution >= 0.6 is 0 Å². The molecule has 6 nitrogen and oxygen atoms in total. The number of carbonyl (C=O) groups is 2. The minimum atomic E-state index is -1.15. The fourth-order valence-electron chi connectivity index (χ4n) is 1.07. The Labute approximate surface area is 91.3 Å². The summed E-state index contributed by atoms with van der Waals surface area (Å²) in [4.78, 5) is 21.4. The number of aliphatic carboxylic acids is 1. The maximum atomic E-state index is 11.2. The molecule has 0 saturated carbocycles. The van der Waals surface area contributed by atoms with E-state index in [9.17, 15) is 14.7 Å². The normalized spacial score (nSPS) is 9.81. The van der Waals surface area contributed by atoms with Crippen molar-refractivity contribution < 1.29 is 24.5 Å². The molecule has 4 N–H and O–H groups in total. The molecule has 0 spiro atoms. The van der Waals surface area contributed by atoms with E-state index in [1.165, 1.54) is 18.2 Å². The number of nitrogens with two attached hydrogens (primary N) is 1. The number of hydrogen-bond acceptors (Lipinski definition) is 5. The van der Waals surface area contributed by atoms with E-state index in [1.54, 1.807) is 0 Å². The standard InChI is InChI=1S/C10H11NO5/c11-4-8(13)6-1-2-9(7(12)3-6)16-5-10(14)15/h1-3,12H,4-5,11H2,(H,14,15). The van der Waals surface area contributed by atoms with Crippen LogP contribution in [0.2, 0.25) is 0 Å². The summed E-state index contributed by atoms with van der Waals surface area (Å²) in [5.41, 5.74) is 5.40. The average molecular weight is 225 g/mol. The van der Waals surface area contributed by atoms with Crippen molar-refractivity contribution in [2.45, 2.75) is 0 Å². The van der Waals surface area contributed by atoms with Crippen LogP contribution in [0.15, 0.2) is 18.2 Å². The van der Waals surface area contributed by atoms with E-state index in [0.717, 1.165) is 0 Å². The summed E-state index contributed by atoms with van der Waals surface area (Å²) in [7, 11) is 0. The topological polar surface area (TPSA) is 110 Å². The number of hydrogen-bond donors (Lipinski definition) is 3. The van der Waals surface area contributed by atoms with Gasteiger partial charge in [0, 0.05) is 5.56 Å². The molecule has 0 radical (unpaired) electrons. The lowest BCUT2D eigenvalue weighted by atomic mass is 10.1. The van der Waals surface area contributed by atoms with Crippen molar-refractivity contribution in [3.63, 3.8) is 0 Å². The molecular formula is C10H11NO5. The first-order chi connectivity index (χ1) is 7.54. The van der Waals surface area contributed by atoms with Gasteiger partial charge in [-0.2, -0.15) is 0 Å². The van der Waals surface area contributed by atoms with Crippen LogP contribution in [0.5, 0.6) is 11.5 Å². The highest BCUT2D eigenvalue weighted by Crippen LogP contribution is 2.26. The van der Waals surface area contributed by atoms with Gasteiger partial charge in [-0.3, -0.25) is 4.79 Å². The van der Waals surface area contributed by atoms with Gasteiger partial charge in [0.2, 0.25) is 0 Å². The van der Waals surface area contributed by atoms with Crippen molar-refractivity contribution in [3.8, 4) is 11.5 Å². The maximum Gasteiger partial charge on any atom is 0.341 e. The molecule has 0 unspecified atom stereocenters. The predicted molar refractivity (Wildman–Crippen MR) is 54.6 cm³/mol. The van der Waals surface area contributed by atoms with Gasteiger partial charge < -0.3 is 20.7 Å². The molecule has 0 aromatic heterocycles. The summed E-state index contributed by atoms with van der Waals surface area (Å²) in [6, 6.07) is 3.92. The van der Waals surface area contributed by atoms with Crippen molar-refractivity contribution in [2.75, 3.05) is 13.2 Å². The number of phenols is 1. The minimum Gasteiger partial charge on any atom is -0.504 e. The largest absolute Gasteiger partial charge is 0.504 e. The molecule has 0 aliphatic carbocycles. The zero-order valence-electron chi connectivity index (χ0n) is 8.34. The molecule has 6 heteroatoms. The van der Waals surface area contributed by atoms with Crippen LogP contribution in [0.25, 0.3) is 0 Å². The smallest absolute Gasteiger partial charge is 0.341 e. The molecular weight excluding hydrogens is 214 g/mol. The Balaban J connectivity index is 2.83.